The molecule has 0 heterocycles. The molecule has 0 spiro atoms. The molecule has 0 aliphatic heterocycles. The molecule has 0 saturated heterocycles. The van der Waals surface area contributed by atoms with Crippen LogP contribution in [0.1, 0.15) is 72.1 Å². The van der Waals surface area contributed by atoms with Gasteiger partial charge in [0.05, 0.1) is 0 Å². The van der Waals surface area contributed by atoms with Gasteiger partial charge in [0.15, 0.2) is 0 Å². The largest absolute Gasteiger partial charge is 0.463 e. The lowest BCUT2D eigenvalue weighted by Crippen LogP contribution is -2.27. The Hall–Kier alpha value is -1.32. The molecule has 0 amide bonds. The minimum Gasteiger partial charge on any atom is -0.463 e. The van der Waals surface area contributed by atoms with Crippen molar-refractivity contribution in [3.8, 4) is 0 Å². The van der Waals surface area contributed by atoms with Gasteiger partial charge in [-0.1, -0.05) is 26.3 Å². The first-order valence-electron chi connectivity index (χ1n) is 8.46. The van der Waals surface area contributed by atoms with Crippen LogP contribution in [0, 0.1) is 5.92 Å². The van der Waals surface area contributed by atoms with Crippen molar-refractivity contribution in [2.75, 3.05) is 0 Å². The molecule has 4 nitrogen and oxygen atoms in total. The van der Waals surface area contributed by atoms with E-state index in [-0.39, 0.29) is 24.1 Å². The van der Waals surface area contributed by atoms with Gasteiger partial charge in [0, 0.05) is 12.5 Å². The summed E-state index contributed by atoms with van der Waals surface area (Å²) in [5.41, 5.74) is 0.458. The summed E-state index contributed by atoms with van der Waals surface area (Å²) in [6.07, 6.45) is 7.94. The molecule has 1 aliphatic rings. The molecule has 0 aromatic rings. The Morgan fingerprint density at radius 2 is 1.82 bits per heavy atom. The van der Waals surface area contributed by atoms with Gasteiger partial charge in [0.25, 0.3) is 0 Å². The summed E-state index contributed by atoms with van der Waals surface area (Å²) in [5.74, 6) is 0.0703. The highest BCUT2D eigenvalue weighted by Gasteiger charge is 2.26. The van der Waals surface area contributed by atoms with Crippen molar-refractivity contribution in [3.63, 3.8) is 0 Å². The molecule has 0 aromatic heterocycles. The quantitative estimate of drug-likeness (QED) is 0.498. The third kappa shape index (κ3) is 7.10. The molecule has 1 fully saturated rings. The van der Waals surface area contributed by atoms with E-state index in [0.29, 0.717) is 11.5 Å². The van der Waals surface area contributed by atoms with Crippen molar-refractivity contribution < 1.29 is 19.1 Å². The fraction of sp³-hybridized carbons (Fsp3) is 0.778. The zero-order chi connectivity index (χ0) is 16.5. The molecule has 1 atom stereocenters. The number of ether oxygens (including phenoxy) is 2. The molecule has 22 heavy (non-hydrogen) atoms. The van der Waals surface area contributed by atoms with Crippen LogP contribution >= 0.6 is 0 Å². The lowest BCUT2D eigenvalue weighted by Gasteiger charge is -2.30. The van der Waals surface area contributed by atoms with Crippen LogP contribution in [0.25, 0.3) is 0 Å². The Bertz CT molecular complexity index is 381. The second kappa shape index (κ2) is 9.65. The summed E-state index contributed by atoms with van der Waals surface area (Å²) in [5, 5.41) is 0. The maximum absolute atomic E-state index is 11.8. The van der Waals surface area contributed by atoms with Crippen LogP contribution in [0.4, 0.5) is 0 Å². The number of carbonyl (C=O) groups is 2. The first kappa shape index (κ1) is 18.7. The summed E-state index contributed by atoms with van der Waals surface area (Å²) in [7, 11) is 0. The monoisotopic (exact) mass is 310 g/mol. The Labute approximate surface area is 134 Å². The van der Waals surface area contributed by atoms with E-state index in [9.17, 15) is 9.59 Å². The molecule has 1 saturated carbocycles. The molecule has 126 valence electrons. The zero-order valence-electron chi connectivity index (χ0n) is 14.2. The Balaban J connectivity index is 2.43. The van der Waals surface area contributed by atoms with Crippen LogP contribution in [0.3, 0.4) is 0 Å². The first-order chi connectivity index (χ1) is 10.4. The number of hydrogen-bond acceptors (Lipinski definition) is 4. The van der Waals surface area contributed by atoms with Crippen molar-refractivity contribution >= 4 is 11.9 Å². The molecular formula is C18H30O4. The third-order valence-electron chi connectivity index (χ3n) is 4.22. The smallest absolute Gasteiger partial charge is 0.333 e. The highest BCUT2D eigenvalue weighted by atomic mass is 16.5. The second-order valence-corrected chi connectivity index (χ2v) is 6.44. The van der Waals surface area contributed by atoms with E-state index in [1.165, 1.54) is 6.92 Å². The van der Waals surface area contributed by atoms with E-state index >= 15 is 0 Å². The lowest BCUT2D eigenvalue weighted by atomic mass is 9.83. The van der Waals surface area contributed by atoms with E-state index in [1.54, 1.807) is 6.92 Å². The molecule has 0 bridgehead atoms. The summed E-state index contributed by atoms with van der Waals surface area (Å²) >= 11 is 0. The third-order valence-corrected chi connectivity index (χ3v) is 4.22. The lowest BCUT2D eigenvalue weighted by molar-refractivity contribution is -0.150. The van der Waals surface area contributed by atoms with E-state index in [0.717, 1.165) is 51.4 Å². The van der Waals surface area contributed by atoms with Gasteiger partial charge in [-0.15, -0.1) is 0 Å². The molecular weight excluding hydrogens is 280 g/mol. The molecule has 1 aliphatic carbocycles. The second-order valence-electron chi connectivity index (χ2n) is 6.44. The van der Waals surface area contributed by atoms with Crippen molar-refractivity contribution in [2.45, 2.75) is 84.3 Å². The predicted molar refractivity (Wildman–Crippen MR) is 86.3 cm³/mol. The van der Waals surface area contributed by atoms with Crippen molar-refractivity contribution in [1.29, 1.82) is 0 Å². The first-order valence-corrected chi connectivity index (χ1v) is 8.46. The molecule has 0 aromatic carbocycles. The van der Waals surface area contributed by atoms with E-state index < -0.39 is 0 Å². The molecule has 0 N–H and O–H groups in total. The van der Waals surface area contributed by atoms with Gasteiger partial charge in [0.2, 0.25) is 0 Å². The number of rotatable bonds is 8. The highest BCUT2D eigenvalue weighted by molar-refractivity contribution is 5.87. The summed E-state index contributed by atoms with van der Waals surface area (Å²) < 4.78 is 10.9. The average molecular weight is 310 g/mol. The highest BCUT2D eigenvalue weighted by Crippen LogP contribution is 2.31. The van der Waals surface area contributed by atoms with Crippen LogP contribution in [-0.4, -0.2) is 24.1 Å². The van der Waals surface area contributed by atoms with Gasteiger partial charge in [0.1, 0.15) is 12.2 Å². The van der Waals surface area contributed by atoms with Crippen molar-refractivity contribution in [3.05, 3.63) is 12.2 Å². The number of unbranched alkanes of at least 4 members (excludes halogenated alkanes) is 1. The van der Waals surface area contributed by atoms with Crippen LogP contribution in [0.15, 0.2) is 12.2 Å². The average Bonchev–Trinajstić information content (AvgIpc) is 2.46. The topological polar surface area (TPSA) is 52.6 Å². The van der Waals surface area contributed by atoms with Gasteiger partial charge >= 0.3 is 11.9 Å². The Morgan fingerprint density at radius 1 is 1.18 bits per heavy atom. The van der Waals surface area contributed by atoms with Gasteiger partial charge in [-0.2, -0.15) is 0 Å². The van der Waals surface area contributed by atoms with Gasteiger partial charge in [-0.3, -0.25) is 4.79 Å². The van der Waals surface area contributed by atoms with Crippen molar-refractivity contribution in [1.82, 2.24) is 0 Å². The Kier molecular flexibility index (Phi) is 8.21. The van der Waals surface area contributed by atoms with Gasteiger partial charge in [-0.05, 0) is 51.4 Å². The molecule has 1 rings (SSSR count). The normalized spacial score (nSPS) is 22.7. The molecule has 0 radical (unpaired) electrons. The minimum atomic E-state index is -0.283. The minimum absolute atomic E-state index is 0.0144. The van der Waals surface area contributed by atoms with Gasteiger partial charge in [-0.25, -0.2) is 4.79 Å². The zero-order valence-corrected chi connectivity index (χ0v) is 14.2. The fourth-order valence-electron chi connectivity index (χ4n) is 3.00. The van der Waals surface area contributed by atoms with E-state index in [2.05, 4.69) is 13.5 Å². The summed E-state index contributed by atoms with van der Waals surface area (Å²) in [6.45, 7) is 8.94. The van der Waals surface area contributed by atoms with Crippen LogP contribution in [-0.2, 0) is 19.1 Å². The van der Waals surface area contributed by atoms with E-state index in [4.69, 9.17) is 9.47 Å². The summed E-state index contributed by atoms with van der Waals surface area (Å²) in [6, 6.07) is 0. The molecule has 4 heteroatoms. The number of carbonyl (C=O) groups excluding carboxylic acids is 2. The van der Waals surface area contributed by atoms with Crippen LogP contribution < -0.4 is 0 Å². The van der Waals surface area contributed by atoms with Crippen LogP contribution in [0.5, 0.6) is 0 Å². The van der Waals surface area contributed by atoms with Gasteiger partial charge < -0.3 is 9.47 Å². The Morgan fingerprint density at radius 3 is 2.32 bits per heavy atom. The molecule has 1 unspecified atom stereocenters. The maximum atomic E-state index is 11.8. The fourth-order valence-corrected chi connectivity index (χ4v) is 3.00. The van der Waals surface area contributed by atoms with E-state index in [1.807, 2.05) is 0 Å². The predicted octanol–water partition coefficient (Wildman–Crippen LogP) is 4.18. The maximum Gasteiger partial charge on any atom is 0.333 e. The SMILES string of the molecule is C=C(C)C(=O)OC(CCCC)CC1CCC(OC(C)=O)CC1. The van der Waals surface area contributed by atoms with Crippen LogP contribution in [0.2, 0.25) is 0 Å². The summed E-state index contributed by atoms with van der Waals surface area (Å²) in [4.78, 5) is 22.7. The standard InChI is InChI=1S/C18H30O4/c1-5-6-7-17(22-18(20)13(2)3)12-15-8-10-16(11-9-15)21-14(4)19/h15-17H,2,5-12H2,1,3-4H3. The van der Waals surface area contributed by atoms with Crippen molar-refractivity contribution in [2.24, 2.45) is 5.92 Å². The number of esters is 2. The number of hydrogen-bond donors (Lipinski definition) is 0.